The minimum Gasteiger partial charge on any atom is -0.397 e. The van der Waals surface area contributed by atoms with Gasteiger partial charge >= 0.3 is 0 Å². The van der Waals surface area contributed by atoms with Crippen molar-refractivity contribution in [1.82, 2.24) is 14.5 Å². The molecule has 2 N–H and O–H groups in total. The maximum atomic E-state index is 5.64. The number of benzene rings is 1. The molecule has 18 heavy (non-hydrogen) atoms. The van der Waals surface area contributed by atoms with E-state index in [2.05, 4.69) is 9.97 Å². The Morgan fingerprint density at radius 2 is 1.89 bits per heavy atom. The molecule has 4 nitrogen and oxygen atoms in total. The number of halogens is 1. The predicted molar refractivity (Wildman–Crippen MR) is 75.3 cm³/mol. The lowest BCUT2D eigenvalue weighted by molar-refractivity contribution is 0.958. The summed E-state index contributed by atoms with van der Waals surface area (Å²) < 4.78 is 2.02. The number of pyridine rings is 1. The summed E-state index contributed by atoms with van der Waals surface area (Å²) in [6.07, 6.45) is 1.66. The van der Waals surface area contributed by atoms with Crippen LogP contribution in [0.2, 0.25) is 0 Å². The van der Waals surface area contributed by atoms with E-state index in [1.165, 1.54) is 0 Å². The molecule has 0 radical (unpaired) electrons. The highest BCUT2D eigenvalue weighted by Gasteiger charge is 2.08. The highest BCUT2D eigenvalue weighted by Crippen LogP contribution is 2.19. The molecule has 0 aliphatic rings. The van der Waals surface area contributed by atoms with Crippen molar-refractivity contribution < 1.29 is 0 Å². The van der Waals surface area contributed by atoms with Gasteiger partial charge in [0.15, 0.2) is 0 Å². The van der Waals surface area contributed by atoms with E-state index in [-0.39, 0.29) is 12.4 Å². The molecule has 3 rings (SSSR count). The van der Waals surface area contributed by atoms with Gasteiger partial charge in [0.2, 0.25) is 0 Å². The van der Waals surface area contributed by atoms with Gasteiger partial charge in [-0.05, 0) is 31.2 Å². The number of aryl methyl sites for hydroxylation is 1. The van der Waals surface area contributed by atoms with E-state index >= 15 is 0 Å². The van der Waals surface area contributed by atoms with Crippen molar-refractivity contribution in [1.29, 1.82) is 0 Å². The Hall–Kier alpha value is -2.07. The summed E-state index contributed by atoms with van der Waals surface area (Å²) in [5.41, 5.74) is 8.34. The molecule has 0 saturated carbocycles. The molecule has 0 atom stereocenters. The van der Waals surface area contributed by atoms with Gasteiger partial charge in [0.1, 0.15) is 11.6 Å². The zero-order valence-electron chi connectivity index (χ0n) is 9.87. The Morgan fingerprint density at radius 1 is 1.11 bits per heavy atom. The number of hydrogen-bond acceptors (Lipinski definition) is 3. The predicted octanol–water partition coefficient (Wildman–Crippen LogP) is 2.73. The van der Waals surface area contributed by atoms with E-state index in [0.717, 1.165) is 22.7 Å². The van der Waals surface area contributed by atoms with Crippen LogP contribution in [0.4, 0.5) is 5.69 Å². The van der Waals surface area contributed by atoms with Crippen LogP contribution in [0, 0.1) is 6.92 Å². The first-order valence-corrected chi connectivity index (χ1v) is 5.42. The highest BCUT2D eigenvalue weighted by molar-refractivity contribution is 5.85. The summed E-state index contributed by atoms with van der Waals surface area (Å²) in [5.74, 6) is 1.76. The smallest absolute Gasteiger partial charge is 0.138 e. The summed E-state index contributed by atoms with van der Waals surface area (Å²) in [4.78, 5) is 8.83. The van der Waals surface area contributed by atoms with Crippen molar-refractivity contribution in [3.8, 4) is 5.82 Å². The summed E-state index contributed by atoms with van der Waals surface area (Å²) in [5, 5.41) is 0. The van der Waals surface area contributed by atoms with Crippen LogP contribution in [-0.2, 0) is 0 Å². The number of para-hydroxylation sites is 2. The molecular formula is C13H13ClN4. The van der Waals surface area contributed by atoms with E-state index in [0.29, 0.717) is 5.69 Å². The molecule has 1 aromatic carbocycles. The first-order valence-electron chi connectivity index (χ1n) is 5.42. The molecule has 0 unspecified atom stereocenters. The molecule has 92 valence electrons. The Balaban J connectivity index is 0.00000120. The standard InChI is InChI=1S/C13H12N4.ClH/c1-9-16-11-4-2-3-5-12(11)17(9)13-7-6-10(14)8-15-13;/h2-8H,14H2,1H3;1H. The minimum atomic E-state index is 0. The minimum absolute atomic E-state index is 0. The van der Waals surface area contributed by atoms with Crippen molar-refractivity contribution in [2.24, 2.45) is 0 Å². The number of aromatic nitrogens is 3. The van der Waals surface area contributed by atoms with Crippen LogP contribution in [0.5, 0.6) is 0 Å². The molecule has 2 aromatic heterocycles. The third-order valence-corrected chi connectivity index (χ3v) is 2.73. The number of imidazole rings is 1. The normalized spacial score (nSPS) is 10.3. The van der Waals surface area contributed by atoms with Crippen LogP contribution in [0.1, 0.15) is 5.82 Å². The molecule has 0 amide bonds. The van der Waals surface area contributed by atoms with Crippen molar-refractivity contribution in [3.63, 3.8) is 0 Å². The number of fused-ring (bicyclic) bond motifs is 1. The Kier molecular flexibility index (Phi) is 3.21. The van der Waals surface area contributed by atoms with Crippen molar-refractivity contribution in [3.05, 3.63) is 48.4 Å². The van der Waals surface area contributed by atoms with Gasteiger partial charge in [0.05, 0.1) is 22.9 Å². The number of rotatable bonds is 1. The fourth-order valence-corrected chi connectivity index (χ4v) is 1.97. The van der Waals surface area contributed by atoms with Crippen LogP contribution in [0.3, 0.4) is 0 Å². The zero-order chi connectivity index (χ0) is 11.8. The Labute approximate surface area is 111 Å². The van der Waals surface area contributed by atoms with Gasteiger partial charge in [0.25, 0.3) is 0 Å². The van der Waals surface area contributed by atoms with E-state index < -0.39 is 0 Å². The van der Waals surface area contributed by atoms with E-state index in [1.54, 1.807) is 6.20 Å². The average molecular weight is 261 g/mol. The van der Waals surface area contributed by atoms with E-state index in [4.69, 9.17) is 5.73 Å². The van der Waals surface area contributed by atoms with Crippen LogP contribution < -0.4 is 5.73 Å². The molecule has 5 heteroatoms. The molecule has 2 heterocycles. The first kappa shape index (κ1) is 12.4. The summed E-state index contributed by atoms with van der Waals surface area (Å²) >= 11 is 0. The van der Waals surface area contributed by atoms with Crippen LogP contribution in [-0.4, -0.2) is 14.5 Å². The van der Waals surface area contributed by atoms with Gasteiger partial charge in [0, 0.05) is 0 Å². The van der Waals surface area contributed by atoms with Crippen molar-refractivity contribution in [2.45, 2.75) is 6.92 Å². The highest BCUT2D eigenvalue weighted by atomic mass is 35.5. The number of nitrogen functional groups attached to an aromatic ring is 1. The topological polar surface area (TPSA) is 56.7 Å². The van der Waals surface area contributed by atoms with Gasteiger partial charge in [-0.2, -0.15) is 0 Å². The second-order valence-corrected chi connectivity index (χ2v) is 3.93. The zero-order valence-corrected chi connectivity index (χ0v) is 10.7. The monoisotopic (exact) mass is 260 g/mol. The summed E-state index contributed by atoms with van der Waals surface area (Å²) in [6, 6.07) is 11.8. The van der Waals surface area contributed by atoms with Crippen LogP contribution in [0.15, 0.2) is 42.6 Å². The largest absolute Gasteiger partial charge is 0.397 e. The van der Waals surface area contributed by atoms with Crippen molar-refractivity contribution >= 4 is 29.1 Å². The lowest BCUT2D eigenvalue weighted by Gasteiger charge is -2.05. The maximum Gasteiger partial charge on any atom is 0.138 e. The molecule has 0 bridgehead atoms. The first-order chi connectivity index (χ1) is 8.25. The number of nitrogens with two attached hydrogens (primary N) is 1. The molecule has 0 aliphatic carbocycles. The fraction of sp³-hybridized carbons (Fsp3) is 0.0769. The van der Waals surface area contributed by atoms with Gasteiger partial charge in [-0.15, -0.1) is 12.4 Å². The van der Waals surface area contributed by atoms with Crippen LogP contribution in [0.25, 0.3) is 16.9 Å². The van der Waals surface area contributed by atoms with E-state index in [9.17, 15) is 0 Å². The number of hydrogen-bond donors (Lipinski definition) is 1. The fourth-order valence-electron chi connectivity index (χ4n) is 1.97. The van der Waals surface area contributed by atoms with Crippen molar-refractivity contribution in [2.75, 3.05) is 5.73 Å². The molecule has 3 aromatic rings. The maximum absolute atomic E-state index is 5.64. The molecule has 0 aliphatic heterocycles. The molecular weight excluding hydrogens is 248 g/mol. The van der Waals surface area contributed by atoms with Crippen LogP contribution >= 0.6 is 12.4 Å². The average Bonchev–Trinajstić information content (AvgIpc) is 2.66. The summed E-state index contributed by atoms with van der Waals surface area (Å²) in [6.45, 7) is 1.97. The quantitative estimate of drug-likeness (QED) is 0.732. The van der Waals surface area contributed by atoms with Gasteiger partial charge in [-0.3, -0.25) is 4.57 Å². The second-order valence-electron chi connectivity index (χ2n) is 3.93. The molecule has 0 saturated heterocycles. The Morgan fingerprint density at radius 3 is 2.61 bits per heavy atom. The number of nitrogens with zero attached hydrogens (tertiary/aromatic N) is 3. The molecule has 0 spiro atoms. The SMILES string of the molecule is Cc1nc2ccccc2n1-c1ccc(N)cn1.Cl. The summed E-state index contributed by atoms with van der Waals surface area (Å²) in [7, 11) is 0. The Bertz CT molecular complexity index is 673. The van der Waals surface area contributed by atoms with Gasteiger partial charge in [-0.1, -0.05) is 12.1 Å². The van der Waals surface area contributed by atoms with Gasteiger partial charge in [-0.25, -0.2) is 9.97 Å². The lowest BCUT2D eigenvalue weighted by atomic mass is 10.3. The van der Waals surface area contributed by atoms with E-state index in [1.807, 2.05) is 47.9 Å². The third kappa shape index (κ3) is 1.91. The van der Waals surface area contributed by atoms with Gasteiger partial charge < -0.3 is 5.73 Å². The second kappa shape index (κ2) is 4.66. The molecule has 0 fully saturated rings. The lowest BCUT2D eigenvalue weighted by Crippen LogP contribution is -2.00. The number of anilines is 1. The third-order valence-electron chi connectivity index (χ3n) is 2.73.